The predicted molar refractivity (Wildman–Crippen MR) is 73.3 cm³/mol. The van der Waals surface area contributed by atoms with E-state index in [2.05, 4.69) is 10.4 Å². The Kier molecular flexibility index (Phi) is 3.79. The molecule has 6 nitrogen and oxygen atoms in total. The lowest BCUT2D eigenvalue weighted by Crippen LogP contribution is -2.20. The van der Waals surface area contributed by atoms with Crippen molar-refractivity contribution in [3.8, 4) is 0 Å². The molecule has 1 aliphatic rings. The summed E-state index contributed by atoms with van der Waals surface area (Å²) >= 11 is 1.87. The van der Waals surface area contributed by atoms with E-state index in [1.54, 1.807) is 11.7 Å². The van der Waals surface area contributed by atoms with E-state index in [0.29, 0.717) is 17.6 Å². The second kappa shape index (κ2) is 5.17. The van der Waals surface area contributed by atoms with Gasteiger partial charge in [-0.3, -0.25) is 10.1 Å². The molecule has 2 heterocycles. The van der Waals surface area contributed by atoms with Crippen LogP contribution in [0.3, 0.4) is 0 Å². The molecule has 18 heavy (non-hydrogen) atoms. The fourth-order valence-corrected chi connectivity index (χ4v) is 3.26. The van der Waals surface area contributed by atoms with Crippen LogP contribution in [-0.2, 0) is 7.05 Å². The zero-order valence-electron chi connectivity index (χ0n) is 10.8. The van der Waals surface area contributed by atoms with E-state index in [1.807, 2.05) is 25.6 Å². The number of nitro groups is 1. The summed E-state index contributed by atoms with van der Waals surface area (Å²) in [6.45, 7) is 3.84. The van der Waals surface area contributed by atoms with Crippen molar-refractivity contribution in [2.24, 2.45) is 7.05 Å². The molecule has 0 spiro atoms. The SMILES string of the molecule is CC(C)c1nn(C)c(NC2CCSC2)c1[N+](=O)[O-]. The number of hydrogen-bond acceptors (Lipinski definition) is 5. The van der Waals surface area contributed by atoms with Crippen LogP contribution in [0.15, 0.2) is 0 Å². The van der Waals surface area contributed by atoms with Crippen molar-refractivity contribution < 1.29 is 4.92 Å². The van der Waals surface area contributed by atoms with E-state index in [-0.39, 0.29) is 16.5 Å². The Bertz CT molecular complexity index is 452. The normalized spacial score (nSPS) is 19.4. The molecule has 100 valence electrons. The number of nitrogens with zero attached hydrogens (tertiary/aromatic N) is 3. The van der Waals surface area contributed by atoms with Gasteiger partial charge in [0.2, 0.25) is 5.82 Å². The van der Waals surface area contributed by atoms with Crippen LogP contribution in [0.2, 0.25) is 0 Å². The highest BCUT2D eigenvalue weighted by atomic mass is 32.2. The summed E-state index contributed by atoms with van der Waals surface area (Å²) in [6.07, 6.45) is 1.05. The van der Waals surface area contributed by atoms with Crippen LogP contribution < -0.4 is 5.32 Å². The van der Waals surface area contributed by atoms with Gasteiger partial charge in [-0.15, -0.1) is 0 Å². The lowest BCUT2D eigenvalue weighted by atomic mass is 10.1. The molecule has 1 aliphatic heterocycles. The first-order valence-electron chi connectivity index (χ1n) is 6.06. The summed E-state index contributed by atoms with van der Waals surface area (Å²) in [5.41, 5.74) is 0.681. The Morgan fingerprint density at radius 1 is 1.61 bits per heavy atom. The average molecular weight is 270 g/mol. The van der Waals surface area contributed by atoms with E-state index >= 15 is 0 Å². The lowest BCUT2D eigenvalue weighted by molar-refractivity contribution is -0.384. The van der Waals surface area contributed by atoms with Crippen LogP contribution in [0, 0.1) is 10.1 Å². The molecule has 1 unspecified atom stereocenters. The standard InChI is InChI=1S/C11H18N4O2S/c1-7(2)9-10(15(16)17)11(14(3)13-9)12-8-4-5-18-6-8/h7-8,12H,4-6H2,1-3H3. The van der Waals surface area contributed by atoms with Crippen LogP contribution in [0.5, 0.6) is 0 Å². The van der Waals surface area contributed by atoms with Gasteiger partial charge in [-0.2, -0.15) is 16.9 Å². The van der Waals surface area contributed by atoms with Gasteiger partial charge in [-0.05, 0) is 12.2 Å². The summed E-state index contributed by atoms with van der Waals surface area (Å²) in [4.78, 5) is 10.9. The van der Waals surface area contributed by atoms with Gasteiger partial charge in [0.25, 0.3) is 0 Å². The first-order chi connectivity index (χ1) is 8.50. The molecule has 1 aromatic rings. The minimum absolute atomic E-state index is 0.0464. The topological polar surface area (TPSA) is 73.0 Å². The summed E-state index contributed by atoms with van der Waals surface area (Å²) < 4.78 is 1.59. The molecule has 0 bridgehead atoms. The first-order valence-corrected chi connectivity index (χ1v) is 7.21. The maximum absolute atomic E-state index is 11.2. The van der Waals surface area contributed by atoms with Gasteiger partial charge < -0.3 is 5.32 Å². The summed E-state index contributed by atoms with van der Waals surface area (Å²) in [5, 5.41) is 18.8. The molecular formula is C11H18N4O2S. The second-order valence-corrected chi connectivity index (χ2v) is 5.97. The molecule has 0 radical (unpaired) electrons. The Labute approximate surface area is 110 Å². The van der Waals surface area contributed by atoms with Crippen molar-refractivity contribution in [3.63, 3.8) is 0 Å². The maximum atomic E-state index is 11.2. The van der Waals surface area contributed by atoms with Crippen molar-refractivity contribution in [2.75, 3.05) is 16.8 Å². The van der Waals surface area contributed by atoms with E-state index < -0.39 is 0 Å². The molecular weight excluding hydrogens is 252 g/mol. The highest BCUT2D eigenvalue weighted by Gasteiger charge is 2.30. The molecule has 1 N–H and O–H groups in total. The van der Waals surface area contributed by atoms with E-state index in [0.717, 1.165) is 17.9 Å². The molecule has 1 atom stereocenters. The summed E-state index contributed by atoms with van der Waals surface area (Å²) in [5.74, 6) is 2.70. The third-order valence-corrected chi connectivity index (χ3v) is 4.21. The molecule has 0 amide bonds. The number of nitrogens with one attached hydrogen (secondary N) is 1. The van der Waals surface area contributed by atoms with Crippen molar-refractivity contribution in [1.82, 2.24) is 9.78 Å². The predicted octanol–water partition coefficient (Wildman–Crippen LogP) is 2.37. The largest absolute Gasteiger partial charge is 0.361 e. The molecule has 0 aromatic carbocycles. The fraction of sp³-hybridized carbons (Fsp3) is 0.727. The Balaban J connectivity index is 2.35. The van der Waals surface area contributed by atoms with Gasteiger partial charge in [0.1, 0.15) is 5.69 Å². The molecule has 1 saturated heterocycles. The van der Waals surface area contributed by atoms with Crippen LogP contribution in [-0.4, -0.2) is 32.3 Å². The molecule has 0 aliphatic carbocycles. The van der Waals surface area contributed by atoms with Crippen molar-refractivity contribution >= 4 is 23.3 Å². The summed E-state index contributed by atoms with van der Waals surface area (Å²) in [7, 11) is 1.75. The minimum atomic E-state index is -0.327. The smallest absolute Gasteiger partial charge is 0.334 e. The number of rotatable bonds is 4. The van der Waals surface area contributed by atoms with Gasteiger partial charge in [0.15, 0.2) is 0 Å². The summed E-state index contributed by atoms with van der Waals surface area (Å²) in [6, 6.07) is 0.309. The van der Waals surface area contributed by atoms with Crippen molar-refractivity contribution in [1.29, 1.82) is 0 Å². The van der Waals surface area contributed by atoms with E-state index in [4.69, 9.17) is 0 Å². The average Bonchev–Trinajstić information content (AvgIpc) is 2.88. The van der Waals surface area contributed by atoms with E-state index in [1.165, 1.54) is 0 Å². The monoisotopic (exact) mass is 270 g/mol. The number of anilines is 1. The van der Waals surface area contributed by atoms with Gasteiger partial charge in [0, 0.05) is 24.8 Å². The number of hydrogen-bond donors (Lipinski definition) is 1. The zero-order valence-corrected chi connectivity index (χ0v) is 11.7. The zero-order chi connectivity index (χ0) is 13.3. The van der Waals surface area contributed by atoms with Gasteiger partial charge in [-0.1, -0.05) is 13.8 Å². The number of aryl methyl sites for hydroxylation is 1. The van der Waals surface area contributed by atoms with E-state index in [9.17, 15) is 10.1 Å². The van der Waals surface area contributed by atoms with Gasteiger partial charge in [0.05, 0.1) is 4.92 Å². The second-order valence-electron chi connectivity index (χ2n) is 4.82. The van der Waals surface area contributed by atoms with Gasteiger partial charge >= 0.3 is 5.69 Å². The van der Waals surface area contributed by atoms with Crippen molar-refractivity contribution in [3.05, 3.63) is 15.8 Å². The van der Waals surface area contributed by atoms with Crippen LogP contribution in [0.4, 0.5) is 11.5 Å². The molecule has 1 aromatic heterocycles. The molecule has 1 fully saturated rings. The highest BCUT2D eigenvalue weighted by Crippen LogP contribution is 2.34. The third kappa shape index (κ3) is 2.45. The number of thioether (sulfide) groups is 1. The molecule has 0 saturated carbocycles. The Hall–Kier alpha value is -1.24. The minimum Gasteiger partial charge on any atom is -0.361 e. The Morgan fingerprint density at radius 2 is 2.33 bits per heavy atom. The van der Waals surface area contributed by atoms with Crippen LogP contribution in [0.25, 0.3) is 0 Å². The maximum Gasteiger partial charge on any atom is 0.334 e. The molecule has 2 rings (SSSR count). The molecule has 7 heteroatoms. The third-order valence-electron chi connectivity index (χ3n) is 3.05. The quantitative estimate of drug-likeness (QED) is 0.671. The van der Waals surface area contributed by atoms with Crippen molar-refractivity contribution in [2.45, 2.75) is 32.2 Å². The Morgan fingerprint density at radius 3 is 2.83 bits per heavy atom. The highest BCUT2D eigenvalue weighted by molar-refractivity contribution is 7.99. The first kappa shape index (κ1) is 13.2. The van der Waals surface area contributed by atoms with Crippen LogP contribution >= 0.6 is 11.8 Å². The lowest BCUT2D eigenvalue weighted by Gasteiger charge is -2.11. The number of aromatic nitrogens is 2. The fourth-order valence-electron chi connectivity index (χ4n) is 2.11. The van der Waals surface area contributed by atoms with Gasteiger partial charge in [-0.25, -0.2) is 4.68 Å². The van der Waals surface area contributed by atoms with Crippen LogP contribution in [0.1, 0.15) is 31.9 Å².